The second kappa shape index (κ2) is 9.16. The van der Waals surface area contributed by atoms with E-state index in [1.807, 2.05) is 12.1 Å². The first kappa shape index (κ1) is 19.6. The summed E-state index contributed by atoms with van der Waals surface area (Å²) in [5.41, 5.74) is 2.67. The molecule has 0 aliphatic heterocycles. The minimum absolute atomic E-state index is 0.0718. The van der Waals surface area contributed by atoms with Gasteiger partial charge in [0, 0.05) is 0 Å². The molecule has 0 N–H and O–H groups in total. The number of ether oxygens (including phenoxy) is 1. The van der Waals surface area contributed by atoms with Gasteiger partial charge in [0.25, 0.3) is 0 Å². The second-order valence-electron chi connectivity index (χ2n) is 7.50. The summed E-state index contributed by atoms with van der Waals surface area (Å²) < 4.78 is 33.4. The average molecular weight is 370 g/mol. The van der Waals surface area contributed by atoms with Crippen LogP contribution in [0.5, 0.6) is 5.75 Å². The van der Waals surface area contributed by atoms with Crippen molar-refractivity contribution >= 4 is 0 Å². The van der Waals surface area contributed by atoms with Crippen LogP contribution in [0.3, 0.4) is 0 Å². The highest BCUT2D eigenvalue weighted by Gasteiger charge is 2.22. The molecule has 0 atom stereocenters. The highest BCUT2D eigenvalue weighted by molar-refractivity contribution is 5.65. The third kappa shape index (κ3) is 4.77. The van der Waals surface area contributed by atoms with Crippen molar-refractivity contribution in [3.8, 4) is 16.9 Å². The Labute approximate surface area is 161 Å². The van der Waals surface area contributed by atoms with Gasteiger partial charge in [-0.15, -0.1) is 0 Å². The zero-order chi connectivity index (χ0) is 19.2. The fourth-order valence-corrected chi connectivity index (χ4v) is 4.15. The van der Waals surface area contributed by atoms with Gasteiger partial charge in [-0.05, 0) is 66.3 Å². The summed E-state index contributed by atoms with van der Waals surface area (Å²) in [5.74, 6) is -0.233. The average Bonchev–Trinajstić information content (AvgIpc) is 2.68. The van der Waals surface area contributed by atoms with E-state index >= 15 is 0 Å². The normalized spacial score (nSPS) is 19.7. The zero-order valence-corrected chi connectivity index (χ0v) is 16.0. The minimum atomic E-state index is -0.690. The Morgan fingerprint density at radius 2 is 1.63 bits per heavy atom. The quantitative estimate of drug-likeness (QED) is 0.466. The molecule has 1 fully saturated rings. The Morgan fingerprint density at radius 3 is 2.19 bits per heavy atom. The minimum Gasteiger partial charge on any atom is -0.483 e. The van der Waals surface area contributed by atoms with Crippen LogP contribution in [0.4, 0.5) is 8.78 Å². The summed E-state index contributed by atoms with van der Waals surface area (Å²) in [6.45, 7) is 5.82. The van der Waals surface area contributed by atoms with Gasteiger partial charge in [-0.25, -0.2) is 8.78 Å². The SMILES string of the molecule is C=CCOc1c(F)cc(-c2ccc([C@H]3CC[C@H](CCC)CC3)cc2)cc1F. The van der Waals surface area contributed by atoms with Crippen LogP contribution in [-0.4, -0.2) is 6.61 Å². The predicted molar refractivity (Wildman–Crippen MR) is 107 cm³/mol. The van der Waals surface area contributed by atoms with Crippen LogP contribution in [0.1, 0.15) is 56.9 Å². The first-order valence-corrected chi connectivity index (χ1v) is 9.95. The van der Waals surface area contributed by atoms with Crippen LogP contribution in [0.25, 0.3) is 11.1 Å². The summed E-state index contributed by atoms with van der Waals surface area (Å²) >= 11 is 0. The molecule has 0 aromatic heterocycles. The first-order valence-electron chi connectivity index (χ1n) is 9.95. The van der Waals surface area contributed by atoms with Gasteiger partial charge in [-0.1, -0.05) is 56.7 Å². The molecule has 1 aliphatic rings. The molecular weight excluding hydrogens is 342 g/mol. The second-order valence-corrected chi connectivity index (χ2v) is 7.50. The topological polar surface area (TPSA) is 9.23 Å². The van der Waals surface area contributed by atoms with Crippen molar-refractivity contribution in [1.82, 2.24) is 0 Å². The molecule has 0 radical (unpaired) electrons. The number of rotatable bonds is 7. The van der Waals surface area contributed by atoms with Crippen LogP contribution in [0.2, 0.25) is 0 Å². The molecule has 0 unspecified atom stereocenters. The highest BCUT2D eigenvalue weighted by Crippen LogP contribution is 2.38. The molecule has 2 aromatic carbocycles. The van der Waals surface area contributed by atoms with Gasteiger partial charge in [0.05, 0.1) is 0 Å². The van der Waals surface area contributed by atoms with Crippen molar-refractivity contribution in [3.63, 3.8) is 0 Å². The number of hydrogen-bond donors (Lipinski definition) is 0. The van der Waals surface area contributed by atoms with E-state index in [0.29, 0.717) is 11.5 Å². The molecule has 1 nitrogen and oxygen atoms in total. The lowest BCUT2D eigenvalue weighted by Gasteiger charge is -2.28. The molecule has 27 heavy (non-hydrogen) atoms. The molecule has 1 aliphatic carbocycles. The van der Waals surface area contributed by atoms with Crippen LogP contribution in [0.15, 0.2) is 49.1 Å². The summed E-state index contributed by atoms with van der Waals surface area (Å²) in [4.78, 5) is 0. The Balaban J connectivity index is 1.71. The predicted octanol–water partition coefficient (Wildman–Crippen LogP) is 7.27. The zero-order valence-electron chi connectivity index (χ0n) is 16.0. The van der Waals surface area contributed by atoms with Gasteiger partial charge in [0.2, 0.25) is 0 Å². The third-order valence-electron chi connectivity index (χ3n) is 5.60. The first-order chi connectivity index (χ1) is 13.1. The Hall–Kier alpha value is -2.16. The molecule has 2 aromatic rings. The maximum atomic E-state index is 14.2. The molecule has 3 rings (SSSR count). The Bertz CT molecular complexity index is 735. The number of benzene rings is 2. The standard InChI is InChI=1S/C24H28F2O/c1-3-5-17-6-8-18(9-7-17)19-10-12-20(13-11-19)21-15-22(25)24(23(26)16-21)27-14-4-2/h4,10-13,15-18H,2-3,5-9,14H2,1H3/t17-,18-. The van der Waals surface area contributed by atoms with Crippen LogP contribution in [-0.2, 0) is 0 Å². The highest BCUT2D eigenvalue weighted by atomic mass is 19.1. The van der Waals surface area contributed by atoms with Gasteiger partial charge >= 0.3 is 0 Å². The van der Waals surface area contributed by atoms with E-state index in [1.165, 1.54) is 62.3 Å². The van der Waals surface area contributed by atoms with Gasteiger partial charge < -0.3 is 4.74 Å². The molecular formula is C24H28F2O. The molecule has 0 amide bonds. The largest absolute Gasteiger partial charge is 0.483 e. The van der Waals surface area contributed by atoms with Crippen molar-refractivity contribution in [2.45, 2.75) is 51.4 Å². The van der Waals surface area contributed by atoms with Gasteiger partial charge in [0.15, 0.2) is 17.4 Å². The van der Waals surface area contributed by atoms with Crippen molar-refractivity contribution in [3.05, 3.63) is 66.3 Å². The monoisotopic (exact) mass is 370 g/mol. The summed E-state index contributed by atoms with van der Waals surface area (Å²) in [5, 5.41) is 0. The van der Waals surface area contributed by atoms with Crippen molar-refractivity contribution < 1.29 is 13.5 Å². The summed E-state index contributed by atoms with van der Waals surface area (Å²) in [6, 6.07) is 10.8. The maximum Gasteiger partial charge on any atom is 0.191 e. The smallest absolute Gasteiger partial charge is 0.191 e. The molecule has 0 bridgehead atoms. The summed E-state index contributed by atoms with van der Waals surface area (Å²) in [6.07, 6.45) is 9.17. The molecule has 1 saturated carbocycles. The maximum absolute atomic E-state index is 14.2. The molecule has 144 valence electrons. The molecule has 0 spiro atoms. The van der Waals surface area contributed by atoms with Crippen LogP contribution >= 0.6 is 0 Å². The van der Waals surface area contributed by atoms with Crippen molar-refractivity contribution in [2.75, 3.05) is 6.61 Å². The van der Waals surface area contributed by atoms with Gasteiger partial charge in [-0.3, -0.25) is 0 Å². The van der Waals surface area contributed by atoms with Crippen LogP contribution in [0, 0.1) is 17.6 Å². The van der Waals surface area contributed by atoms with Crippen LogP contribution < -0.4 is 4.74 Å². The fraction of sp³-hybridized carbons (Fsp3) is 0.417. The van der Waals surface area contributed by atoms with Gasteiger partial charge in [-0.2, -0.15) is 0 Å². The van der Waals surface area contributed by atoms with Gasteiger partial charge in [0.1, 0.15) is 6.61 Å². The van der Waals surface area contributed by atoms with E-state index < -0.39 is 11.6 Å². The lowest BCUT2D eigenvalue weighted by atomic mass is 9.77. The van der Waals surface area contributed by atoms with E-state index in [0.717, 1.165) is 11.5 Å². The van der Waals surface area contributed by atoms with E-state index in [4.69, 9.17) is 4.74 Å². The fourth-order valence-electron chi connectivity index (χ4n) is 4.15. The molecule has 0 saturated heterocycles. The molecule has 3 heteroatoms. The van der Waals surface area contributed by atoms with Crippen molar-refractivity contribution in [2.24, 2.45) is 5.92 Å². The number of hydrogen-bond acceptors (Lipinski definition) is 1. The van der Waals surface area contributed by atoms with E-state index in [9.17, 15) is 8.78 Å². The van der Waals surface area contributed by atoms with Crippen molar-refractivity contribution in [1.29, 1.82) is 0 Å². The van der Waals surface area contributed by atoms with E-state index in [2.05, 4.69) is 25.6 Å². The number of halogens is 2. The van der Waals surface area contributed by atoms with E-state index in [1.54, 1.807) is 0 Å². The Morgan fingerprint density at radius 1 is 1.00 bits per heavy atom. The Kier molecular flexibility index (Phi) is 6.65. The van der Waals surface area contributed by atoms with E-state index in [-0.39, 0.29) is 12.4 Å². The summed E-state index contributed by atoms with van der Waals surface area (Å²) in [7, 11) is 0. The lowest BCUT2D eigenvalue weighted by Crippen LogP contribution is -2.13. The molecule has 0 heterocycles. The lowest BCUT2D eigenvalue weighted by molar-refractivity contribution is 0.308. The third-order valence-corrected chi connectivity index (χ3v) is 5.60.